The van der Waals surface area contributed by atoms with Crippen molar-refractivity contribution in [3.05, 3.63) is 23.2 Å². The number of thiocarbonyl (C=S) groups is 1. The summed E-state index contributed by atoms with van der Waals surface area (Å²) in [6.45, 7) is 10.2. The van der Waals surface area contributed by atoms with E-state index >= 15 is 0 Å². The lowest BCUT2D eigenvalue weighted by Gasteiger charge is -2.46. The summed E-state index contributed by atoms with van der Waals surface area (Å²) in [4.78, 5) is 0.184. The number of nitrogens with zero attached hydrogens (tertiary/aromatic N) is 1. The summed E-state index contributed by atoms with van der Waals surface area (Å²) in [6.07, 6.45) is 1.83. The van der Waals surface area contributed by atoms with Gasteiger partial charge in [0.2, 0.25) is 10.0 Å². The van der Waals surface area contributed by atoms with Gasteiger partial charge in [0.15, 0.2) is 5.11 Å². The molecular formula is C20H31ClN4O3S2. The van der Waals surface area contributed by atoms with Crippen LogP contribution in [0, 0.1) is 0 Å². The molecule has 3 rings (SSSR count). The maximum absolute atomic E-state index is 12.9. The van der Waals surface area contributed by atoms with Crippen LogP contribution in [0.25, 0.3) is 0 Å². The van der Waals surface area contributed by atoms with Crippen molar-refractivity contribution in [3.63, 3.8) is 0 Å². The highest BCUT2D eigenvalue weighted by Gasteiger charge is 2.37. The molecule has 2 aliphatic rings. The van der Waals surface area contributed by atoms with Gasteiger partial charge in [-0.05, 0) is 71.0 Å². The van der Waals surface area contributed by atoms with Crippen LogP contribution < -0.4 is 16.0 Å². The van der Waals surface area contributed by atoms with Crippen molar-refractivity contribution in [2.75, 3.05) is 31.6 Å². The number of ether oxygens (including phenoxy) is 1. The number of hydrogen-bond acceptors (Lipinski definition) is 5. The van der Waals surface area contributed by atoms with Gasteiger partial charge in [-0.1, -0.05) is 11.6 Å². The van der Waals surface area contributed by atoms with Crippen LogP contribution in [0.15, 0.2) is 23.1 Å². The third-order valence-electron chi connectivity index (χ3n) is 5.32. The Balaban J connectivity index is 1.72. The zero-order valence-corrected chi connectivity index (χ0v) is 20.3. The van der Waals surface area contributed by atoms with Crippen LogP contribution >= 0.6 is 23.8 Å². The van der Waals surface area contributed by atoms with E-state index in [1.165, 1.54) is 16.4 Å². The minimum atomic E-state index is -3.61. The lowest BCUT2D eigenvalue weighted by molar-refractivity contribution is 0.0730. The van der Waals surface area contributed by atoms with Crippen molar-refractivity contribution in [2.45, 2.75) is 62.6 Å². The summed E-state index contributed by atoms with van der Waals surface area (Å²) in [7, 11) is -3.61. The molecule has 2 saturated heterocycles. The smallest absolute Gasteiger partial charge is 0.243 e. The van der Waals surface area contributed by atoms with Crippen molar-refractivity contribution in [2.24, 2.45) is 0 Å². The number of sulfonamides is 1. The Morgan fingerprint density at radius 1 is 1.20 bits per heavy atom. The van der Waals surface area contributed by atoms with E-state index < -0.39 is 10.0 Å². The Kier molecular flexibility index (Phi) is 7.01. The Morgan fingerprint density at radius 2 is 1.80 bits per heavy atom. The molecule has 3 N–H and O–H groups in total. The van der Waals surface area contributed by atoms with Crippen LogP contribution in [0.1, 0.15) is 40.5 Å². The molecule has 0 radical (unpaired) electrons. The monoisotopic (exact) mass is 474 g/mol. The summed E-state index contributed by atoms with van der Waals surface area (Å²) < 4.78 is 32.6. The molecule has 2 heterocycles. The molecule has 0 aliphatic carbocycles. The fourth-order valence-corrected chi connectivity index (χ4v) is 6.34. The highest BCUT2D eigenvalue weighted by atomic mass is 35.5. The van der Waals surface area contributed by atoms with E-state index in [0.29, 0.717) is 42.1 Å². The number of nitrogens with one attached hydrogen (secondary N) is 3. The van der Waals surface area contributed by atoms with Crippen molar-refractivity contribution >= 4 is 44.6 Å². The number of rotatable bonds is 4. The molecule has 10 heteroatoms. The Hall–Kier alpha value is -0.970. The van der Waals surface area contributed by atoms with E-state index in [0.717, 1.165) is 12.8 Å². The van der Waals surface area contributed by atoms with Crippen LogP contribution in [0.3, 0.4) is 0 Å². The first-order chi connectivity index (χ1) is 13.9. The standard InChI is InChI=1S/C20H31ClN4O3S2/c1-19(2)12-14(13-20(3,4)24-19)22-18(29)23-17-11-15(5-6-16(17)21)30(26,27)25-7-9-28-10-8-25/h5-6,11,14,24H,7-10,12-13H2,1-4H3,(H2,22,23,29). The van der Waals surface area contributed by atoms with E-state index in [9.17, 15) is 8.42 Å². The third-order valence-corrected chi connectivity index (χ3v) is 7.76. The molecule has 0 aromatic heterocycles. The number of piperidine rings is 1. The number of benzene rings is 1. The van der Waals surface area contributed by atoms with Gasteiger partial charge in [-0.25, -0.2) is 8.42 Å². The van der Waals surface area contributed by atoms with Crippen molar-refractivity contribution in [1.29, 1.82) is 0 Å². The normalized spacial score (nSPS) is 22.4. The summed E-state index contributed by atoms with van der Waals surface area (Å²) in [6, 6.07) is 4.83. The zero-order chi connectivity index (χ0) is 22.2. The van der Waals surface area contributed by atoms with Gasteiger partial charge in [0.05, 0.1) is 28.8 Å². The highest BCUT2D eigenvalue weighted by molar-refractivity contribution is 7.89. The first-order valence-corrected chi connectivity index (χ1v) is 12.3. The highest BCUT2D eigenvalue weighted by Crippen LogP contribution is 2.30. The number of hydrogen-bond donors (Lipinski definition) is 3. The quantitative estimate of drug-likeness (QED) is 0.578. The molecule has 0 unspecified atom stereocenters. The molecule has 0 saturated carbocycles. The van der Waals surface area contributed by atoms with Gasteiger partial charge in [0.1, 0.15) is 0 Å². The van der Waals surface area contributed by atoms with E-state index in [1.54, 1.807) is 6.07 Å². The van der Waals surface area contributed by atoms with E-state index in [2.05, 4.69) is 43.6 Å². The maximum atomic E-state index is 12.9. The first-order valence-electron chi connectivity index (χ1n) is 10.1. The summed E-state index contributed by atoms with van der Waals surface area (Å²) in [5, 5.41) is 10.9. The Labute approximate surface area is 189 Å². The molecule has 0 bridgehead atoms. The third kappa shape index (κ3) is 5.83. The van der Waals surface area contributed by atoms with E-state index in [4.69, 9.17) is 28.6 Å². The predicted molar refractivity (Wildman–Crippen MR) is 125 cm³/mol. The molecular weight excluding hydrogens is 444 g/mol. The number of anilines is 1. The molecule has 2 fully saturated rings. The first kappa shape index (κ1) is 23.7. The molecule has 0 spiro atoms. The van der Waals surface area contributed by atoms with Crippen LogP contribution in [0.2, 0.25) is 5.02 Å². The molecule has 0 atom stereocenters. The molecule has 7 nitrogen and oxygen atoms in total. The fourth-order valence-electron chi connectivity index (χ4n) is 4.46. The van der Waals surface area contributed by atoms with Crippen molar-refractivity contribution in [3.8, 4) is 0 Å². The summed E-state index contributed by atoms with van der Waals surface area (Å²) in [5.74, 6) is 0. The number of halogens is 1. The largest absolute Gasteiger partial charge is 0.379 e. The minimum absolute atomic E-state index is 0.0151. The van der Waals surface area contributed by atoms with Crippen LogP contribution in [0.5, 0.6) is 0 Å². The molecule has 1 aromatic rings. The Morgan fingerprint density at radius 3 is 2.40 bits per heavy atom. The SMILES string of the molecule is CC1(C)CC(NC(=S)Nc2cc(S(=O)(=O)N3CCOCC3)ccc2Cl)CC(C)(C)N1. The molecule has 0 amide bonds. The second-order valence-electron chi connectivity index (χ2n) is 9.25. The fraction of sp³-hybridized carbons (Fsp3) is 0.650. The average molecular weight is 475 g/mol. The average Bonchev–Trinajstić information content (AvgIpc) is 2.61. The summed E-state index contributed by atoms with van der Waals surface area (Å²) >= 11 is 11.8. The Bertz CT molecular complexity index is 883. The zero-order valence-electron chi connectivity index (χ0n) is 17.9. The maximum Gasteiger partial charge on any atom is 0.243 e. The number of morpholine rings is 1. The molecule has 2 aliphatic heterocycles. The molecule has 168 valence electrons. The van der Waals surface area contributed by atoms with Crippen molar-refractivity contribution < 1.29 is 13.2 Å². The van der Waals surface area contributed by atoms with Gasteiger partial charge in [0.25, 0.3) is 0 Å². The lowest BCUT2D eigenvalue weighted by Crippen LogP contribution is -2.62. The van der Waals surface area contributed by atoms with Crippen molar-refractivity contribution in [1.82, 2.24) is 14.9 Å². The van der Waals surface area contributed by atoms with E-state index in [1.807, 2.05) is 0 Å². The van der Waals surface area contributed by atoms with Gasteiger partial charge in [-0.2, -0.15) is 4.31 Å². The van der Waals surface area contributed by atoms with Gasteiger partial charge >= 0.3 is 0 Å². The second kappa shape index (κ2) is 8.88. The van der Waals surface area contributed by atoms with Gasteiger partial charge < -0.3 is 20.7 Å². The summed E-state index contributed by atoms with van der Waals surface area (Å²) in [5.41, 5.74) is 0.438. The molecule has 1 aromatic carbocycles. The van der Waals surface area contributed by atoms with Gasteiger partial charge in [0, 0.05) is 30.2 Å². The van der Waals surface area contributed by atoms with Gasteiger partial charge in [-0.3, -0.25) is 0 Å². The van der Waals surface area contributed by atoms with Crippen LogP contribution in [-0.4, -0.2) is 61.3 Å². The molecule has 30 heavy (non-hydrogen) atoms. The van der Waals surface area contributed by atoms with Gasteiger partial charge in [-0.15, -0.1) is 0 Å². The van der Waals surface area contributed by atoms with E-state index in [-0.39, 0.29) is 22.0 Å². The second-order valence-corrected chi connectivity index (χ2v) is 12.0. The minimum Gasteiger partial charge on any atom is -0.379 e. The topological polar surface area (TPSA) is 82.7 Å². The lowest BCUT2D eigenvalue weighted by atomic mass is 9.80. The van der Waals surface area contributed by atoms with Crippen LogP contribution in [-0.2, 0) is 14.8 Å². The predicted octanol–water partition coefficient (Wildman–Crippen LogP) is 2.96. The van der Waals surface area contributed by atoms with Crippen LogP contribution in [0.4, 0.5) is 5.69 Å².